The molecule has 1 unspecified atom stereocenters. The average Bonchev–Trinajstić information content (AvgIpc) is 2.23. The van der Waals surface area contributed by atoms with E-state index in [2.05, 4.69) is 28.9 Å². The Morgan fingerprint density at radius 3 is 2.69 bits per heavy atom. The van der Waals surface area contributed by atoms with Crippen LogP contribution in [0.15, 0.2) is 12.1 Å². The largest absolute Gasteiger partial charge is 0.392 e. The highest BCUT2D eigenvalue weighted by Gasteiger charge is 2.35. The standard InChI is InChI=1S/C12H19N3O/c1-9-4-5-11(14-13-9)15-7-6-10(16)12(2,3)8-15/h4-5,10,16H,6-8H2,1-3H3. The predicted molar refractivity (Wildman–Crippen MR) is 63.4 cm³/mol. The number of aromatic nitrogens is 2. The molecule has 0 amide bonds. The summed E-state index contributed by atoms with van der Waals surface area (Å²) in [6.07, 6.45) is 0.574. The number of rotatable bonds is 1. The number of aliphatic hydroxyl groups is 1. The number of hydrogen-bond donors (Lipinski definition) is 1. The lowest BCUT2D eigenvalue weighted by Crippen LogP contribution is -2.49. The van der Waals surface area contributed by atoms with Gasteiger partial charge >= 0.3 is 0 Å². The molecule has 1 aromatic rings. The van der Waals surface area contributed by atoms with E-state index in [1.54, 1.807) is 0 Å². The van der Waals surface area contributed by atoms with Crippen LogP contribution in [0.1, 0.15) is 26.0 Å². The third-order valence-electron chi connectivity index (χ3n) is 3.28. The van der Waals surface area contributed by atoms with Gasteiger partial charge in [-0.05, 0) is 25.5 Å². The van der Waals surface area contributed by atoms with Crippen molar-refractivity contribution in [3.8, 4) is 0 Å². The van der Waals surface area contributed by atoms with Crippen LogP contribution in [0, 0.1) is 12.3 Å². The van der Waals surface area contributed by atoms with E-state index in [-0.39, 0.29) is 11.5 Å². The van der Waals surface area contributed by atoms with Crippen LogP contribution in [-0.2, 0) is 0 Å². The van der Waals surface area contributed by atoms with E-state index >= 15 is 0 Å². The van der Waals surface area contributed by atoms with Crippen LogP contribution >= 0.6 is 0 Å². The summed E-state index contributed by atoms with van der Waals surface area (Å²) in [5, 5.41) is 18.1. The number of aryl methyl sites for hydroxylation is 1. The Labute approximate surface area is 96.3 Å². The Morgan fingerprint density at radius 1 is 1.38 bits per heavy atom. The van der Waals surface area contributed by atoms with Gasteiger partial charge in [0.2, 0.25) is 0 Å². The van der Waals surface area contributed by atoms with Crippen LogP contribution in [-0.4, -0.2) is 34.5 Å². The van der Waals surface area contributed by atoms with Crippen LogP contribution in [0.25, 0.3) is 0 Å². The topological polar surface area (TPSA) is 49.2 Å². The summed E-state index contributed by atoms with van der Waals surface area (Å²) >= 11 is 0. The van der Waals surface area contributed by atoms with Gasteiger partial charge in [-0.25, -0.2) is 0 Å². The number of anilines is 1. The third kappa shape index (κ3) is 2.16. The summed E-state index contributed by atoms with van der Waals surface area (Å²) in [6, 6.07) is 3.97. The second-order valence-corrected chi connectivity index (χ2v) is 5.25. The van der Waals surface area contributed by atoms with Crippen LogP contribution in [0.3, 0.4) is 0 Å². The van der Waals surface area contributed by atoms with Gasteiger partial charge in [0.1, 0.15) is 0 Å². The van der Waals surface area contributed by atoms with Crippen LogP contribution in [0.4, 0.5) is 5.82 Å². The molecule has 1 saturated heterocycles. The molecule has 1 N–H and O–H groups in total. The van der Waals surface area contributed by atoms with Crippen molar-refractivity contribution in [2.24, 2.45) is 5.41 Å². The summed E-state index contributed by atoms with van der Waals surface area (Å²) in [6.45, 7) is 7.78. The zero-order valence-electron chi connectivity index (χ0n) is 10.1. The molecule has 1 aromatic heterocycles. The van der Waals surface area contributed by atoms with Gasteiger partial charge in [0.05, 0.1) is 11.8 Å². The molecular weight excluding hydrogens is 202 g/mol. The molecular formula is C12H19N3O. The molecule has 0 aliphatic carbocycles. The first-order valence-electron chi connectivity index (χ1n) is 5.72. The van der Waals surface area contributed by atoms with Gasteiger partial charge < -0.3 is 10.0 Å². The quantitative estimate of drug-likeness (QED) is 0.778. The summed E-state index contributed by atoms with van der Waals surface area (Å²) in [5.41, 5.74) is 0.852. The molecule has 4 heteroatoms. The second kappa shape index (κ2) is 4.01. The van der Waals surface area contributed by atoms with Gasteiger partial charge in [-0.2, -0.15) is 5.10 Å². The summed E-state index contributed by atoms with van der Waals surface area (Å²) in [5.74, 6) is 0.908. The van der Waals surface area contributed by atoms with Crippen molar-refractivity contribution in [3.05, 3.63) is 17.8 Å². The Hall–Kier alpha value is -1.16. The van der Waals surface area contributed by atoms with Crippen LogP contribution < -0.4 is 4.90 Å². The lowest BCUT2D eigenvalue weighted by molar-refractivity contribution is 0.0333. The Kier molecular flexibility index (Phi) is 2.84. The van der Waals surface area contributed by atoms with Gasteiger partial charge in [0, 0.05) is 18.5 Å². The zero-order valence-corrected chi connectivity index (χ0v) is 10.1. The minimum absolute atomic E-state index is 0.0786. The van der Waals surface area contributed by atoms with E-state index in [1.807, 2.05) is 19.1 Å². The first kappa shape index (κ1) is 11.3. The average molecular weight is 221 g/mol. The van der Waals surface area contributed by atoms with Crippen molar-refractivity contribution in [1.82, 2.24) is 10.2 Å². The SMILES string of the molecule is Cc1ccc(N2CCC(O)C(C)(C)C2)nn1. The van der Waals surface area contributed by atoms with Crippen molar-refractivity contribution < 1.29 is 5.11 Å². The van der Waals surface area contributed by atoms with Crippen molar-refractivity contribution in [3.63, 3.8) is 0 Å². The molecule has 1 aliphatic rings. The first-order chi connectivity index (χ1) is 7.49. The van der Waals surface area contributed by atoms with Crippen LogP contribution in [0.5, 0.6) is 0 Å². The van der Waals surface area contributed by atoms with E-state index in [0.717, 1.165) is 31.0 Å². The molecule has 0 saturated carbocycles. The molecule has 1 atom stereocenters. The Morgan fingerprint density at radius 2 is 2.12 bits per heavy atom. The summed E-state index contributed by atoms with van der Waals surface area (Å²) in [7, 11) is 0. The minimum atomic E-state index is -0.220. The molecule has 2 rings (SSSR count). The van der Waals surface area contributed by atoms with Crippen molar-refractivity contribution in [1.29, 1.82) is 0 Å². The summed E-state index contributed by atoms with van der Waals surface area (Å²) < 4.78 is 0. The Balaban J connectivity index is 2.14. The van der Waals surface area contributed by atoms with Crippen molar-refractivity contribution in [2.45, 2.75) is 33.3 Å². The minimum Gasteiger partial charge on any atom is -0.392 e. The predicted octanol–water partition coefficient (Wildman–Crippen LogP) is 1.38. The smallest absolute Gasteiger partial charge is 0.151 e. The van der Waals surface area contributed by atoms with E-state index < -0.39 is 0 Å². The van der Waals surface area contributed by atoms with Gasteiger partial charge in [-0.1, -0.05) is 13.8 Å². The van der Waals surface area contributed by atoms with Gasteiger partial charge in [0.25, 0.3) is 0 Å². The Bertz CT molecular complexity index is 361. The first-order valence-corrected chi connectivity index (χ1v) is 5.72. The van der Waals surface area contributed by atoms with Crippen LogP contribution in [0.2, 0.25) is 0 Å². The van der Waals surface area contributed by atoms with Crippen molar-refractivity contribution in [2.75, 3.05) is 18.0 Å². The molecule has 0 spiro atoms. The van der Waals surface area contributed by atoms with E-state index in [9.17, 15) is 5.11 Å². The number of hydrogen-bond acceptors (Lipinski definition) is 4. The number of nitrogens with zero attached hydrogens (tertiary/aromatic N) is 3. The fourth-order valence-electron chi connectivity index (χ4n) is 2.10. The maximum atomic E-state index is 9.88. The monoisotopic (exact) mass is 221 g/mol. The zero-order chi connectivity index (χ0) is 11.8. The number of piperidine rings is 1. The highest BCUT2D eigenvalue weighted by atomic mass is 16.3. The molecule has 2 heterocycles. The van der Waals surface area contributed by atoms with E-state index in [4.69, 9.17) is 0 Å². The van der Waals surface area contributed by atoms with Crippen molar-refractivity contribution >= 4 is 5.82 Å². The van der Waals surface area contributed by atoms with Gasteiger partial charge in [0.15, 0.2) is 5.82 Å². The lowest BCUT2D eigenvalue weighted by atomic mass is 9.81. The molecule has 88 valence electrons. The molecule has 1 fully saturated rings. The fourth-order valence-corrected chi connectivity index (χ4v) is 2.10. The normalized spacial score (nSPS) is 24.5. The fraction of sp³-hybridized carbons (Fsp3) is 0.667. The molecule has 4 nitrogen and oxygen atoms in total. The number of aliphatic hydroxyl groups excluding tert-OH is 1. The second-order valence-electron chi connectivity index (χ2n) is 5.25. The molecule has 0 aromatic carbocycles. The van der Waals surface area contributed by atoms with Gasteiger partial charge in [-0.15, -0.1) is 5.10 Å². The molecule has 1 aliphatic heterocycles. The highest BCUT2D eigenvalue weighted by Crippen LogP contribution is 2.30. The maximum absolute atomic E-state index is 9.88. The molecule has 16 heavy (non-hydrogen) atoms. The highest BCUT2D eigenvalue weighted by molar-refractivity contribution is 5.38. The third-order valence-corrected chi connectivity index (χ3v) is 3.28. The molecule has 0 radical (unpaired) electrons. The molecule has 0 bridgehead atoms. The lowest BCUT2D eigenvalue weighted by Gasteiger charge is -2.42. The van der Waals surface area contributed by atoms with E-state index in [1.165, 1.54) is 0 Å². The van der Waals surface area contributed by atoms with E-state index in [0.29, 0.717) is 0 Å². The van der Waals surface area contributed by atoms with Gasteiger partial charge in [-0.3, -0.25) is 0 Å². The maximum Gasteiger partial charge on any atom is 0.151 e. The summed E-state index contributed by atoms with van der Waals surface area (Å²) in [4.78, 5) is 2.19.